The fraction of sp³-hybridized carbons (Fsp3) is 0.462. The fourth-order valence-corrected chi connectivity index (χ4v) is 1.98. The number of likely N-dealkylation sites (N-methyl/N-ethyl adjacent to an activating group) is 1. The monoisotopic (exact) mass is 233 g/mol. The second-order valence-electron chi connectivity index (χ2n) is 4.47. The van der Waals surface area contributed by atoms with Gasteiger partial charge in [0.15, 0.2) is 0 Å². The molecule has 4 nitrogen and oxygen atoms in total. The first-order valence-corrected chi connectivity index (χ1v) is 5.99. The molecule has 1 aliphatic rings. The second-order valence-corrected chi connectivity index (χ2v) is 4.47. The molecule has 1 fully saturated rings. The molecule has 0 radical (unpaired) electrons. The zero-order valence-electron chi connectivity index (χ0n) is 10.1. The predicted octanol–water partition coefficient (Wildman–Crippen LogP) is 0.206. The van der Waals surface area contributed by atoms with Crippen molar-refractivity contribution in [3.05, 3.63) is 35.9 Å². The Kier molecular flexibility index (Phi) is 4.12. The van der Waals surface area contributed by atoms with Crippen molar-refractivity contribution >= 4 is 5.91 Å². The van der Waals surface area contributed by atoms with Gasteiger partial charge in [-0.1, -0.05) is 30.3 Å². The molecule has 1 atom stereocenters. The van der Waals surface area contributed by atoms with Crippen molar-refractivity contribution in [1.29, 1.82) is 0 Å². The lowest BCUT2D eigenvalue weighted by Gasteiger charge is -2.29. The van der Waals surface area contributed by atoms with Crippen molar-refractivity contribution < 1.29 is 4.79 Å². The van der Waals surface area contributed by atoms with Gasteiger partial charge in [0.2, 0.25) is 5.91 Å². The maximum atomic E-state index is 11.9. The summed E-state index contributed by atoms with van der Waals surface area (Å²) in [6.07, 6.45) is 0. The number of nitrogens with one attached hydrogen (secondary N) is 2. The number of rotatable bonds is 3. The smallest absolute Gasteiger partial charge is 0.238 e. The number of hydrogen-bond acceptors (Lipinski definition) is 3. The largest absolute Gasteiger partial charge is 0.351 e. The maximum absolute atomic E-state index is 11.9. The third-order valence-corrected chi connectivity index (χ3v) is 3.00. The van der Waals surface area contributed by atoms with Crippen LogP contribution in [0.5, 0.6) is 0 Å². The standard InChI is InChI=1S/C13H19N3O/c1-16-8-7-14-12(10-16)13(17)15-9-11-5-3-2-4-6-11/h2-6,12,14H,7-10H2,1H3,(H,15,17). The van der Waals surface area contributed by atoms with Gasteiger partial charge >= 0.3 is 0 Å². The van der Waals surface area contributed by atoms with Gasteiger partial charge in [0.05, 0.1) is 6.04 Å². The van der Waals surface area contributed by atoms with E-state index in [0.29, 0.717) is 6.54 Å². The van der Waals surface area contributed by atoms with E-state index in [2.05, 4.69) is 15.5 Å². The Morgan fingerprint density at radius 2 is 2.24 bits per heavy atom. The van der Waals surface area contributed by atoms with Crippen molar-refractivity contribution in [2.45, 2.75) is 12.6 Å². The molecule has 2 rings (SSSR count). The lowest BCUT2D eigenvalue weighted by Crippen LogP contribution is -2.55. The second kappa shape index (κ2) is 5.80. The van der Waals surface area contributed by atoms with E-state index < -0.39 is 0 Å². The van der Waals surface area contributed by atoms with Gasteiger partial charge in [-0.15, -0.1) is 0 Å². The Balaban J connectivity index is 1.81. The van der Waals surface area contributed by atoms with Crippen LogP contribution in [0.1, 0.15) is 5.56 Å². The van der Waals surface area contributed by atoms with Gasteiger partial charge in [-0.05, 0) is 12.6 Å². The van der Waals surface area contributed by atoms with Gasteiger partial charge in [-0.2, -0.15) is 0 Å². The number of carbonyl (C=O) groups is 1. The molecular formula is C13H19N3O. The van der Waals surface area contributed by atoms with Crippen molar-refractivity contribution in [3.8, 4) is 0 Å². The van der Waals surface area contributed by atoms with Crippen LogP contribution in [-0.4, -0.2) is 43.5 Å². The summed E-state index contributed by atoms with van der Waals surface area (Å²) < 4.78 is 0. The van der Waals surface area contributed by atoms with E-state index in [9.17, 15) is 4.79 Å². The highest BCUT2D eigenvalue weighted by Crippen LogP contribution is 1.99. The van der Waals surface area contributed by atoms with Crippen molar-refractivity contribution in [1.82, 2.24) is 15.5 Å². The minimum absolute atomic E-state index is 0.0837. The molecule has 1 aliphatic heterocycles. The molecule has 2 N–H and O–H groups in total. The average Bonchev–Trinajstić information content (AvgIpc) is 2.37. The lowest BCUT2D eigenvalue weighted by molar-refractivity contribution is -0.124. The predicted molar refractivity (Wildman–Crippen MR) is 67.6 cm³/mol. The number of amides is 1. The van der Waals surface area contributed by atoms with Crippen LogP contribution in [0.3, 0.4) is 0 Å². The third-order valence-electron chi connectivity index (χ3n) is 3.00. The number of hydrogen-bond donors (Lipinski definition) is 2. The minimum atomic E-state index is -0.0857. The molecule has 1 aromatic carbocycles. The van der Waals surface area contributed by atoms with Crippen LogP contribution in [0.25, 0.3) is 0 Å². The van der Waals surface area contributed by atoms with E-state index in [-0.39, 0.29) is 11.9 Å². The Labute approximate surface area is 102 Å². The van der Waals surface area contributed by atoms with Gasteiger partial charge in [0.25, 0.3) is 0 Å². The summed E-state index contributed by atoms with van der Waals surface area (Å²) in [5.41, 5.74) is 1.13. The average molecular weight is 233 g/mol. The number of carbonyl (C=O) groups excluding carboxylic acids is 1. The molecule has 1 heterocycles. The van der Waals surface area contributed by atoms with Crippen LogP contribution < -0.4 is 10.6 Å². The van der Waals surface area contributed by atoms with Gasteiger partial charge in [0, 0.05) is 26.2 Å². The molecule has 1 saturated heterocycles. The fourth-order valence-electron chi connectivity index (χ4n) is 1.98. The Morgan fingerprint density at radius 3 is 2.94 bits per heavy atom. The lowest BCUT2D eigenvalue weighted by atomic mass is 10.2. The first-order valence-electron chi connectivity index (χ1n) is 5.99. The van der Waals surface area contributed by atoms with E-state index in [4.69, 9.17) is 0 Å². The van der Waals surface area contributed by atoms with Crippen LogP contribution in [0.4, 0.5) is 0 Å². The first-order chi connectivity index (χ1) is 8.25. The molecule has 0 saturated carbocycles. The Bertz CT molecular complexity index is 366. The molecular weight excluding hydrogens is 214 g/mol. The quantitative estimate of drug-likeness (QED) is 0.784. The molecule has 4 heteroatoms. The van der Waals surface area contributed by atoms with Gasteiger partial charge in [-0.3, -0.25) is 4.79 Å². The number of piperazine rings is 1. The normalized spacial score (nSPS) is 21.1. The minimum Gasteiger partial charge on any atom is -0.351 e. The van der Waals surface area contributed by atoms with E-state index in [1.54, 1.807) is 0 Å². The summed E-state index contributed by atoms with van der Waals surface area (Å²) in [5.74, 6) is 0.0837. The summed E-state index contributed by atoms with van der Waals surface area (Å²) >= 11 is 0. The molecule has 1 amide bonds. The van der Waals surface area contributed by atoms with Gasteiger partial charge < -0.3 is 15.5 Å². The molecule has 0 aliphatic carbocycles. The molecule has 17 heavy (non-hydrogen) atoms. The molecule has 1 aromatic rings. The first kappa shape index (κ1) is 12.1. The number of nitrogens with zero attached hydrogens (tertiary/aromatic N) is 1. The van der Waals surface area contributed by atoms with Crippen molar-refractivity contribution in [3.63, 3.8) is 0 Å². The van der Waals surface area contributed by atoms with E-state index in [0.717, 1.165) is 25.2 Å². The van der Waals surface area contributed by atoms with E-state index in [1.165, 1.54) is 0 Å². The Morgan fingerprint density at radius 1 is 1.47 bits per heavy atom. The highest BCUT2D eigenvalue weighted by Gasteiger charge is 2.22. The zero-order chi connectivity index (χ0) is 12.1. The highest BCUT2D eigenvalue weighted by molar-refractivity contribution is 5.82. The van der Waals surface area contributed by atoms with Crippen LogP contribution in [0.2, 0.25) is 0 Å². The topological polar surface area (TPSA) is 44.4 Å². The summed E-state index contributed by atoms with van der Waals surface area (Å²) in [5, 5.41) is 6.19. The molecule has 0 aromatic heterocycles. The van der Waals surface area contributed by atoms with Crippen LogP contribution in [0.15, 0.2) is 30.3 Å². The molecule has 0 spiro atoms. The van der Waals surface area contributed by atoms with Crippen LogP contribution in [0, 0.1) is 0 Å². The molecule has 0 bridgehead atoms. The maximum Gasteiger partial charge on any atom is 0.238 e. The third kappa shape index (κ3) is 3.54. The SMILES string of the molecule is CN1CCNC(C(=O)NCc2ccccc2)C1. The van der Waals surface area contributed by atoms with Crippen molar-refractivity contribution in [2.75, 3.05) is 26.7 Å². The van der Waals surface area contributed by atoms with Crippen molar-refractivity contribution in [2.24, 2.45) is 0 Å². The molecule has 92 valence electrons. The van der Waals surface area contributed by atoms with Gasteiger partial charge in [-0.25, -0.2) is 0 Å². The Hall–Kier alpha value is -1.39. The van der Waals surface area contributed by atoms with Gasteiger partial charge in [0.1, 0.15) is 0 Å². The summed E-state index contributed by atoms with van der Waals surface area (Å²) in [6.45, 7) is 3.25. The van der Waals surface area contributed by atoms with Crippen LogP contribution >= 0.6 is 0 Å². The van der Waals surface area contributed by atoms with E-state index >= 15 is 0 Å². The summed E-state index contributed by atoms with van der Waals surface area (Å²) in [7, 11) is 2.04. The molecule has 1 unspecified atom stereocenters. The van der Waals surface area contributed by atoms with E-state index in [1.807, 2.05) is 37.4 Å². The summed E-state index contributed by atoms with van der Waals surface area (Å²) in [4.78, 5) is 14.1. The highest BCUT2D eigenvalue weighted by atomic mass is 16.2. The van der Waals surface area contributed by atoms with Crippen LogP contribution in [-0.2, 0) is 11.3 Å². The summed E-state index contributed by atoms with van der Waals surface area (Å²) in [6, 6.07) is 9.88. The number of benzene rings is 1. The zero-order valence-corrected chi connectivity index (χ0v) is 10.1.